The molecule has 0 heterocycles. The monoisotopic (exact) mass is 630 g/mol. The second kappa shape index (κ2) is 13.5. The molecule has 0 aromatic heterocycles. The van der Waals surface area contributed by atoms with E-state index in [0.717, 1.165) is 0 Å². The van der Waals surface area contributed by atoms with Crippen LogP contribution in [0.25, 0.3) is 0 Å². The van der Waals surface area contributed by atoms with E-state index >= 15 is 0 Å². The van der Waals surface area contributed by atoms with Crippen molar-refractivity contribution in [1.29, 1.82) is 0 Å². The minimum atomic E-state index is -1.85. The maximum atomic E-state index is 2.42. The van der Waals surface area contributed by atoms with Gasteiger partial charge < -0.3 is 0 Å². The summed E-state index contributed by atoms with van der Waals surface area (Å²) in [6.45, 7) is 0. The fraction of sp³-hybridized carbons (Fsp3) is 0. The summed E-state index contributed by atoms with van der Waals surface area (Å²) in [7, 11) is 0. The zero-order valence-corrected chi connectivity index (χ0v) is 26.1. The fourth-order valence-electron chi connectivity index (χ4n) is 4.38. The summed E-state index contributed by atoms with van der Waals surface area (Å²) < 4.78 is 4.33. The predicted octanol–water partition coefficient (Wildman–Crippen LogP) is 8.66. The van der Waals surface area contributed by atoms with Gasteiger partial charge in [0.15, 0.2) is 0 Å². The molecule has 0 saturated heterocycles. The van der Waals surface area contributed by atoms with Crippen molar-refractivity contribution in [3.63, 3.8) is 0 Å². The van der Waals surface area contributed by atoms with Crippen LogP contribution < -0.4 is 13.1 Å². The van der Waals surface area contributed by atoms with Crippen molar-refractivity contribution in [2.24, 2.45) is 0 Å². The molecule has 6 aromatic carbocycles. The van der Waals surface area contributed by atoms with Crippen molar-refractivity contribution in [3.05, 3.63) is 164 Å². The Morgan fingerprint density at radius 2 is 0.550 bits per heavy atom. The number of hydrogen-bond donors (Lipinski definition) is 0. The van der Waals surface area contributed by atoms with Crippen LogP contribution in [-0.4, -0.2) is 14.7 Å². The first-order valence-electron chi connectivity index (χ1n) is 13.1. The Morgan fingerprint density at radius 1 is 0.275 bits per heavy atom. The van der Waals surface area contributed by atoms with Crippen molar-refractivity contribution in [1.82, 2.24) is 0 Å². The van der Waals surface area contributed by atoms with Gasteiger partial charge in [-0.2, -0.15) is 0 Å². The molecule has 0 amide bonds. The van der Waals surface area contributed by atoms with Crippen LogP contribution in [0.4, 0.5) is 0 Å². The molecule has 0 nitrogen and oxygen atoms in total. The average Bonchev–Trinajstić information content (AvgIpc) is 3.00. The van der Waals surface area contributed by atoms with E-state index in [4.69, 9.17) is 0 Å². The third-order valence-corrected chi connectivity index (χ3v) is 14.2. The van der Waals surface area contributed by atoms with Crippen molar-refractivity contribution >= 4 is 63.0 Å². The van der Waals surface area contributed by atoms with E-state index in [2.05, 4.69) is 164 Å². The molecular weight excluding hydrogens is 604 g/mol. The van der Waals surface area contributed by atoms with Crippen LogP contribution in [0.5, 0.6) is 0 Å². The standard InChI is InChI=1S/C36H27AsS3/c1-4-16-31(17-5-1)38-34-22-10-13-28(25-34)37(29-14-11-23-35(26-29)39-32-18-6-2-7-19-32)30-15-12-24-36(27-30)40-33-20-8-3-9-21-33/h1-27H. The Bertz CT molecular complexity index is 1470. The van der Waals surface area contributed by atoms with Crippen LogP contribution >= 0.6 is 35.3 Å². The van der Waals surface area contributed by atoms with Gasteiger partial charge in [-0.05, 0) is 0 Å². The topological polar surface area (TPSA) is 0 Å². The predicted molar refractivity (Wildman–Crippen MR) is 176 cm³/mol. The van der Waals surface area contributed by atoms with Gasteiger partial charge in [-0.25, -0.2) is 0 Å². The molecule has 0 saturated carbocycles. The van der Waals surface area contributed by atoms with Gasteiger partial charge in [-0.3, -0.25) is 0 Å². The van der Waals surface area contributed by atoms with Gasteiger partial charge in [-0.1, -0.05) is 0 Å². The summed E-state index contributed by atoms with van der Waals surface area (Å²) in [5, 5.41) is 0. The molecule has 0 unspecified atom stereocenters. The molecule has 0 atom stereocenters. The SMILES string of the molecule is c1ccc(Sc2cccc([As](c3cccc(Sc4ccccc4)c3)c3cccc(Sc4ccccc4)c3)c2)cc1. The molecule has 0 aliphatic rings. The molecule has 4 heteroatoms. The molecule has 0 radical (unpaired) electrons. The Morgan fingerprint density at radius 3 is 0.850 bits per heavy atom. The molecule has 194 valence electrons. The number of rotatable bonds is 9. The first kappa shape index (κ1) is 27.1. The van der Waals surface area contributed by atoms with E-state index < -0.39 is 14.7 Å². The van der Waals surface area contributed by atoms with E-state index in [1.54, 1.807) is 0 Å². The third-order valence-electron chi connectivity index (χ3n) is 6.16. The quantitative estimate of drug-likeness (QED) is 0.147. The van der Waals surface area contributed by atoms with Crippen molar-refractivity contribution in [3.8, 4) is 0 Å². The summed E-state index contributed by atoms with van der Waals surface area (Å²) in [5.41, 5.74) is 0. The molecule has 6 aromatic rings. The Balaban J connectivity index is 1.39. The first-order valence-corrected chi connectivity index (χ1v) is 18.4. The summed E-state index contributed by atoms with van der Waals surface area (Å²) in [5.74, 6) is 0. The molecule has 0 aliphatic carbocycles. The average molecular weight is 631 g/mol. The Kier molecular flexibility index (Phi) is 9.17. The van der Waals surface area contributed by atoms with E-state index in [0.29, 0.717) is 0 Å². The van der Waals surface area contributed by atoms with E-state index in [9.17, 15) is 0 Å². The molecule has 0 spiro atoms. The molecule has 40 heavy (non-hydrogen) atoms. The van der Waals surface area contributed by atoms with E-state index in [1.807, 2.05) is 35.3 Å². The molecular formula is C36H27AsS3. The second-order valence-corrected chi connectivity index (χ2v) is 17.2. The molecule has 0 bridgehead atoms. The fourth-order valence-corrected chi connectivity index (χ4v) is 12.7. The third kappa shape index (κ3) is 7.16. The molecule has 0 aliphatic heterocycles. The summed E-state index contributed by atoms with van der Waals surface area (Å²) in [6.07, 6.45) is 0. The van der Waals surface area contributed by atoms with Gasteiger partial charge >= 0.3 is 256 Å². The zero-order chi connectivity index (χ0) is 27.0. The van der Waals surface area contributed by atoms with Crippen molar-refractivity contribution < 1.29 is 0 Å². The van der Waals surface area contributed by atoms with E-state index in [-0.39, 0.29) is 0 Å². The molecule has 0 fully saturated rings. The van der Waals surface area contributed by atoms with Crippen LogP contribution in [0.3, 0.4) is 0 Å². The van der Waals surface area contributed by atoms with Crippen LogP contribution in [-0.2, 0) is 0 Å². The van der Waals surface area contributed by atoms with Gasteiger partial charge in [0.25, 0.3) is 0 Å². The number of hydrogen-bond acceptors (Lipinski definition) is 3. The second-order valence-electron chi connectivity index (χ2n) is 9.07. The Hall–Kier alpha value is -3.07. The van der Waals surface area contributed by atoms with Gasteiger partial charge in [0.05, 0.1) is 0 Å². The summed E-state index contributed by atoms with van der Waals surface area (Å²) >= 11 is 3.65. The zero-order valence-electron chi connectivity index (χ0n) is 21.8. The van der Waals surface area contributed by atoms with Gasteiger partial charge in [-0.15, -0.1) is 0 Å². The van der Waals surface area contributed by atoms with E-state index in [1.165, 1.54) is 42.4 Å². The van der Waals surface area contributed by atoms with Crippen LogP contribution in [0.15, 0.2) is 193 Å². The molecule has 6 rings (SSSR count). The van der Waals surface area contributed by atoms with Crippen LogP contribution in [0.1, 0.15) is 0 Å². The van der Waals surface area contributed by atoms with Gasteiger partial charge in [0.1, 0.15) is 0 Å². The van der Waals surface area contributed by atoms with Gasteiger partial charge in [0.2, 0.25) is 0 Å². The normalized spacial score (nSPS) is 11.0. The Labute approximate surface area is 254 Å². The van der Waals surface area contributed by atoms with Gasteiger partial charge in [0, 0.05) is 0 Å². The molecule has 0 N–H and O–H groups in total. The van der Waals surface area contributed by atoms with Crippen LogP contribution in [0.2, 0.25) is 0 Å². The van der Waals surface area contributed by atoms with Crippen molar-refractivity contribution in [2.75, 3.05) is 0 Å². The van der Waals surface area contributed by atoms with Crippen LogP contribution in [0, 0.1) is 0 Å². The summed E-state index contributed by atoms with van der Waals surface area (Å²) in [4.78, 5) is 7.65. The summed E-state index contributed by atoms with van der Waals surface area (Å²) in [6, 6.07) is 59.6. The van der Waals surface area contributed by atoms with Crippen molar-refractivity contribution in [2.45, 2.75) is 29.4 Å². The number of benzene rings is 6. The maximum absolute atomic E-state index is 2.42. The minimum absolute atomic E-state index is 1.27. The first-order chi connectivity index (χ1) is 19.8.